The zero-order valence-corrected chi connectivity index (χ0v) is 13.8. The molecule has 0 aliphatic heterocycles. The first kappa shape index (κ1) is 18.2. The fourth-order valence-electron chi connectivity index (χ4n) is 2.35. The minimum Gasteiger partial charge on any atom is -0.426 e. The van der Waals surface area contributed by atoms with Crippen molar-refractivity contribution >= 4 is 6.16 Å². The van der Waals surface area contributed by atoms with Crippen LogP contribution in [0.3, 0.4) is 0 Å². The van der Waals surface area contributed by atoms with Crippen molar-refractivity contribution in [2.75, 3.05) is 0 Å². The third-order valence-electron chi connectivity index (χ3n) is 2.50. The number of rotatable bonds is 6. The van der Waals surface area contributed by atoms with E-state index in [0.29, 0.717) is 0 Å². The van der Waals surface area contributed by atoms with Gasteiger partial charge in [0.1, 0.15) is 11.2 Å². The standard InChI is InChI=1S/C15H30O4/c1-9-10-14(5,6)19-18-12(16)17-15(7,8)11-13(2,3)4/h9-11H2,1-8H3. The highest BCUT2D eigenvalue weighted by Gasteiger charge is 2.31. The highest BCUT2D eigenvalue weighted by molar-refractivity contribution is 5.59. The summed E-state index contributed by atoms with van der Waals surface area (Å²) in [6.45, 7) is 15.9. The normalized spacial score (nSPS) is 13.3. The lowest BCUT2D eigenvalue weighted by Crippen LogP contribution is -2.34. The molecule has 0 aliphatic carbocycles. The molecule has 0 radical (unpaired) electrons. The smallest absolute Gasteiger partial charge is 0.426 e. The minimum absolute atomic E-state index is 0.0755. The van der Waals surface area contributed by atoms with Gasteiger partial charge in [-0.05, 0) is 46.0 Å². The van der Waals surface area contributed by atoms with Crippen LogP contribution < -0.4 is 0 Å². The first-order chi connectivity index (χ1) is 8.37. The fraction of sp³-hybridized carbons (Fsp3) is 0.933. The molecule has 0 aromatic rings. The molecule has 0 saturated heterocycles. The summed E-state index contributed by atoms with van der Waals surface area (Å²) in [6.07, 6.45) is 1.73. The molecule has 0 bridgehead atoms. The molecule has 0 saturated carbocycles. The molecule has 0 heterocycles. The third-order valence-corrected chi connectivity index (χ3v) is 2.50. The van der Waals surface area contributed by atoms with Gasteiger partial charge in [0.05, 0.1) is 0 Å². The van der Waals surface area contributed by atoms with Gasteiger partial charge in [-0.25, -0.2) is 4.79 Å². The average molecular weight is 274 g/mol. The van der Waals surface area contributed by atoms with Gasteiger partial charge in [-0.1, -0.05) is 34.1 Å². The Kier molecular flexibility index (Phi) is 6.33. The molecule has 4 nitrogen and oxygen atoms in total. The Bertz CT molecular complexity index is 287. The van der Waals surface area contributed by atoms with E-state index in [9.17, 15) is 4.79 Å². The van der Waals surface area contributed by atoms with Crippen LogP contribution in [-0.4, -0.2) is 17.4 Å². The summed E-state index contributed by atoms with van der Waals surface area (Å²) < 4.78 is 5.30. The molecule has 19 heavy (non-hydrogen) atoms. The Morgan fingerprint density at radius 2 is 1.47 bits per heavy atom. The molecule has 4 heteroatoms. The summed E-state index contributed by atoms with van der Waals surface area (Å²) >= 11 is 0. The van der Waals surface area contributed by atoms with E-state index in [1.54, 1.807) is 0 Å². The minimum atomic E-state index is -0.779. The Labute approximate surface area is 117 Å². The molecular formula is C15H30O4. The molecule has 0 amide bonds. The van der Waals surface area contributed by atoms with Crippen LogP contribution in [0.25, 0.3) is 0 Å². The predicted molar refractivity (Wildman–Crippen MR) is 75.8 cm³/mol. The number of ether oxygens (including phenoxy) is 1. The Morgan fingerprint density at radius 3 is 1.89 bits per heavy atom. The molecular weight excluding hydrogens is 244 g/mol. The first-order valence-corrected chi connectivity index (χ1v) is 6.96. The maximum absolute atomic E-state index is 11.6. The summed E-state index contributed by atoms with van der Waals surface area (Å²) in [4.78, 5) is 21.5. The molecule has 0 rings (SSSR count). The van der Waals surface area contributed by atoms with Crippen LogP contribution in [0.15, 0.2) is 0 Å². The van der Waals surface area contributed by atoms with Crippen LogP contribution in [0, 0.1) is 5.41 Å². The number of carbonyl (C=O) groups excluding carboxylic acids is 1. The third kappa shape index (κ3) is 9.77. The van der Waals surface area contributed by atoms with E-state index < -0.39 is 17.4 Å². The van der Waals surface area contributed by atoms with Crippen molar-refractivity contribution in [1.29, 1.82) is 0 Å². The second-order valence-electron chi connectivity index (χ2n) is 7.53. The van der Waals surface area contributed by atoms with Gasteiger partial charge < -0.3 is 4.74 Å². The Balaban J connectivity index is 4.24. The molecule has 0 N–H and O–H groups in total. The largest absolute Gasteiger partial charge is 0.541 e. The number of hydrogen-bond acceptors (Lipinski definition) is 4. The maximum atomic E-state index is 11.6. The van der Waals surface area contributed by atoms with E-state index in [1.807, 2.05) is 27.7 Å². The van der Waals surface area contributed by atoms with Gasteiger partial charge in [0, 0.05) is 0 Å². The van der Waals surface area contributed by atoms with Gasteiger partial charge in [-0.2, -0.15) is 4.89 Å². The van der Waals surface area contributed by atoms with Gasteiger partial charge in [0.2, 0.25) is 0 Å². The van der Waals surface area contributed by atoms with Crippen LogP contribution in [0.2, 0.25) is 0 Å². The molecule has 114 valence electrons. The molecule has 0 aromatic carbocycles. The van der Waals surface area contributed by atoms with Gasteiger partial charge in [-0.3, -0.25) is 4.89 Å². The van der Waals surface area contributed by atoms with Crippen molar-refractivity contribution in [3.05, 3.63) is 0 Å². The summed E-state index contributed by atoms with van der Waals surface area (Å²) in [6, 6.07) is 0. The first-order valence-electron chi connectivity index (χ1n) is 6.96. The number of hydrogen-bond donors (Lipinski definition) is 0. The van der Waals surface area contributed by atoms with Crippen LogP contribution >= 0.6 is 0 Å². The topological polar surface area (TPSA) is 44.8 Å². The molecule has 0 aliphatic rings. The van der Waals surface area contributed by atoms with E-state index in [-0.39, 0.29) is 5.41 Å². The van der Waals surface area contributed by atoms with Crippen molar-refractivity contribution in [2.45, 2.75) is 85.9 Å². The summed E-state index contributed by atoms with van der Waals surface area (Å²) in [7, 11) is 0. The zero-order valence-electron chi connectivity index (χ0n) is 13.8. The molecule has 0 fully saturated rings. The zero-order chi connectivity index (χ0) is 15.3. The van der Waals surface area contributed by atoms with Crippen molar-refractivity contribution in [1.82, 2.24) is 0 Å². The second kappa shape index (κ2) is 6.60. The molecule has 0 unspecified atom stereocenters. The fourth-order valence-corrected chi connectivity index (χ4v) is 2.35. The molecule has 0 spiro atoms. The van der Waals surface area contributed by atoms with E-state index in [1.165, 1.54) is 0 Å². The monoisotopic (exact) mass is 274 g/mol. The van der Waals surface area contributed by atoms with E-state index in [2.05, 4.69) is 27.7 Å². The van der Waals surface area contributed by atoms with Crippen molar-refractivity contribution in [3.8, 4) is 0 Å². The van der Waals surface area contributed by atoms with E-state index in [4.69, 9.17) is 14.5 Å². The predicted octanol–water partition coefficient (Wildman–Crippen LogP) is 4.86. The summed E-state index contributed by atoms with van der Waals surface area (Å²) in [5.41, 5.74) is -0.984. The Morgan fingerprint density at radius 1 is 0.947 bits per heavy atom. The average Bonchev–Trinajstić information content (AvgIpc) is 2.09. The Hall–Kier alpha value is -0.770. The van der Waals surface area contributed by atoms with Crippen LogP contribution in [0.1, 0.15) is 74.7 Å². The van der Waals surface area contributed by atoms with Crippen molar-refractivity contribution in [3.63, 3.8) is 0 Å². The van der Waals surface area contributed by atoms with Crippen LogP contribution in [-0.2, 0) is 14.5 Å². The van der Waals surface area contributed by atoms with Crippen molar-refractivity contribution < 1.29 is 19.3 Å². The lowest BCUT2D eigenvalue weighted by molar-refractivity contribution is -0.322. The highest BCUT2D eigenvalue weighted by atomic mass is 17.2. The SMILES string of the molecule is CCCC(C)(C)OOC(=O)OC(C)(C)CC(C)(C)C. The van der Waals surface area contributed by atoms with Gasteiger partial charge >= 0.3 is 6.16 Å². The lowest BCUT2D eigenvalue weighted by Gasteiger charge is -2.31. The van der Waals surface area contributed by atoms with Crippen LogP contribution in [0.4, 0.5) is 4.79 Å². The highest BCUT2D eigenvalue weighted by Crippen LogP contribution is 2.30. The van der Waals surface area contributed by atoms with E-state index in [0.717, 1.165) is 19.3 Å². The van der Waals surface area contributed by atoms with Gasteiger partial charge in [-0.15, -0.1) is 0 Å². The maximum Gasteiger partial charge on any atom is 0.541 e. The van der Waals surface area contributed by atoms with Gasteiger partial charge in [0.15, 0.2) is 0 Å². The summed E-state index contributed by atoms with van der Waals surface area (Å²) in [5, 5.41) is 0. The van der Waals surface area contributed by atoms with E-state index >= 15 is 0 Å². The summed E-state index contributed by atoms with van der Waals surface area (Å²) in [5.74, 6) is 0. The quantitative estimate of drug-likeness (QED) is 0.394. The number of carbonyl (C=O) groups is 1. The van der Waals surface area contributed by atoms with Gasteiger partial charge in [0.25, 0.3) is 0 Å². The molecule has 0 aromatic heterocycles. The molecule has 0 atom stereocenters. The lowest BCUT2D eigenvalue weighted by atomic mass is 9.84. The van der Waals surface area contributed by atoms with Crippen LogP contribution in [0.5, 0.6) is 0 Å². The van der Waals surface area contributed by atoms with Crippen molar-refractivity contribution in [2.24, 2.45) is 5.41 Å². The second-order valence-corrected chi connectivity index (χ2v) is 7.53.